The second-order valence-corrected chi connectivity index (χ2v) is 5.57. The first-order chi connectivity index (χ1) is 6.73. The first-order valence-corrected chi connectivity index (χ1v) is 6.32. The van der Waals surface area contributed by atoms with E-state index in [1.54, 1.807) is 0 Å². The van der Waals surface area contributed by atoms with Crippen LogP contribution in [0.4, 0.5) is 8.78 Å². The minimum atomic E-state index is -4.32. The summed E-state index contributed by atoms with van der Waals surface area (Å²) in [6.07, 6.45) is -2.98. The van der Waals surface area contributed by atoms with Gasteiger partial charge in [-0.1, -0.05) is 11.6 Å². The van der Waals surface area contributed by atoms with Crippen LogP contribution in [-0.4, -0.2) is 13.4 Å². The molecule has 0 amide bonds. The van der Waals surface area contributed by atoms with Gasteiger partial charge in [0.15, 0.2) is 5.03 Å². The molecular formula is C7H5Cl2F2NO2S. The number of halogens is 4. The Bertz CT molecular complexity index is 490. The number of aryl methyl sites for hydroxylation is 1. The molecule has 0 spiro atoms. The molecule has 0 fully saturated rings. The molecule has 1 heterocycles. The molecule has 0 saturated carbocycles. The Hall–Kier alpha value is -0.460. The second-order valence-electron chi connectivity index (χ2n) is 2.73. The standard InChI is InChI=1S/C7H5Cl2F2NO2S/c1-3-2-4(6(10)11)7(12-5(3)8)15(9,13)14/h2,6H,1H3. The molecule has 0 atom stereocenters. The molecule has 0 aromatic carbocycles. The predicted octanol–water partition coefficient (Wildman–Crippen LogP) is 2.91. The number of alkyl halides is 2. The minimum absolute atomic E-state index is 0.168. The number of aromatic nitrogens is 1. The zero-order valence-corrected chi connectivity index (χ0v) is 9.67. The molecule has 8 heteroatoms. The van der Waals surface area contributed by atoms with Crippen molar-refractivity contribution in [2.45, 2.75) is 18.4 Å². The van der Waals surface area contributed by atoms with Crippen LogP contribution in [0.2, 0.25) is 5.15 Å². The molecule has 0 aliphatic rings. The average Bonchev–Trinajstić information content (AvgIpc) is 2.06. The number of nitrogens with zero attached hydrogens (tertiary/aromatic N) is 1. The van der Waals surface area contributed by atoms with E-state index in [-0.39, 0.29) is 10.7 Å². The smallest absolute Gasteiger partial charge is 0.222 e. The molecule has 0 aliphatic carbocycles. The molecule has 0 aliphatic heterocycles. The van der Waals surface area contributed by atoms with Gasteiger partial charge in [-0.2, -0.15) is 0 Å². The van der Waals surface area contributed by atoms with Crippen molar-refractivity contribution in [3.8, 4) is 0 Å². The maximum atomic E-state index is 12.5. The van der Waals surface area contributed by atoms with Crippen molar-refractivity contribution in [2.24, 2.45) is 0 Å². The van der Waals surface area contributed by atoms with Crippen LogP contribution in [-0.2, 0) is 9.05 Å². The molecule has 0 N–H and O–H groups in total. The van der Waals surface area contributed by atoms with Crippen LogP contribution in [0.15, 0.2) is 11.1 Å². The lowest BCUT2D eigenvalue weighted by atomic mass is 10.2. The zero-order chi connectivity index (χ0) is 11.8. The summed E-state index contributed by atoms with van der Waals surface area (Å²) in [5.74, 6) is 0. The van der Waals surface area contributed by atoms with E-state index in [4.69, 9.17) is 22.3 Å². The second kappa shape index (κ2) is 4.19. The highest BCUT2D eigenvalue weighted by molar-refractivity contribution is 8.13. The Balaban J connectivity index is 3.56. The van der Waals surface area contributed by atoms with Gasteiger partial charge in [-0.15, -0.1) is 0 Å². The van der Waals surface area contributed by atoms with Gasteiger partial charge in [0.1, 0.15) is 5.15 Å². The molecule has 1 rings (SSSR count). The highest BCUT2D eigenvalue weighted by Crippen LogP contribution is 2.30. The van der Waals surface area contributed by atoms with Crippen LogP contribution in [0, 0.1) is 6.92 Å². The maximum absolute atomic E-state index is 12.5. The van der Waals surface area contributed by atoms with E-state index in [1.807, 2.05) is 0 Å². The molecule has 0 radical (unpaired) electrons. The number of pyridine rings is 1. The summed E-state index contributed by atoms with van der Waals surface area (Å²) in [6, 6.07) is 0.954. The molecule has 3 nitrogen and oxygen atoms in total. The number of hydrogen-bond acceptors (Lipinski definition) is 3. The van der Waals surface area contributed by atoms with E-state index < -0.39 is 26.1 Å². The highest BCUT2D eigenvalue weighted by Gasteiger charge is 2.24. The predicted molar refractivity (Wildman–Crippen MR) is 52.0 cm³/mol. The third-order valence-electron chi connectivity index (χ3n) is 1.61. The van der Waals surface area contributed by atoms with Crippen LogP contribution >= 0.6 is 22.3 Å². The molecular weight excluding hydrogens is 271 g/mol. The topological polar surface area (TPSA) is 47.0 Å². The molecule has 0 bridgehead atoms. The van der Waals surface area contributed by atoms with Gasteiger partial charge in [0.05, 0.1) is 5.56 Å². The van der Waals surface area contributed by atoms with Crippen LogP contribution < -0.4 is 0 Å². The first-order valence-electron chi connectivity index (χ1n) is 3.63. The van der Waals surface area contributed by atoms with Crippen LogP contribution in [0.3, 0.4) is 0 Å². The van der Waals surface area contributed by atoms with Crippen LogP contribution in [0.1, 0.15) is 17.6 Å². The molecule has 84 valence electrons. The fourth-order valence-corrected chi connectivity index (χ4v) is 2.14. The lowest BCUT2D eigenvalue weighted by Gasteiger charge is -2.07. The van der Waals surface area contributed by atoms with Crippen LogP contribution in [0.25, 0.3) is 0 Å². The Labute approximate surface area is 94.4 Å². The SMILES string of the molecule is Cc1cc(C(F)F)c(S(=O)(=O)Cl)nc1Cl. The van der Waals surface area contributed by atoms with Crippen LogP contribution in [0.5, 0.6) is 0 Å². The van der Waals surface area contributed by atoms with Gasteiger partial charge in [0.2, 0.25) is 0 Å². The van der Waals surface area contributed by atoms with Gasteiger partial charge < -0.3 is 0 Å². The van der Waals surface area contributed by atoms with Gasteiger partial charge in [-0.25, -0.2) is 22.2 Å². The van der Waals surface area contributed by atoms with E-state index in [0.29, 0.717) is 0 Å². The summed E-state index contributed by atoms with van der Waals surface area (Å²) >= 11 is 5.52. The Morgan fingerprint density at radius 1 is 1.47 bits per heavy atom. The van der Waals surface area contributed by atoms with Crippen molar-refractivity contribution < 1.29 is 17.2 Å². The zero-order valence-electron chi connectivity index (χ0n) is 7.34. The molecule has 1 aromatic rings. The fraction of sp³-hybridized carbons (Fsp3) is 0.286. The molecule has 0 unspecified atom stereocenters. The van der Waals surface area contributed by atoms with E-state index in [0.717, 1.165) is 6.07 Å². The van der Waals surface area contributed by atoms with Crippen molar-refractivity contribution in [1.82, 2.24) is 4.98 Å². The molecule has 1 aromatic heterocycles. The summed E-state index contributed by atoms with van der Waals surface area (Å²) in [7, 11) is 0.629. The Morgan fingerprint density at radius 2 is 2.00 bits per heavy atom. The average molecular weight is 276 g/mol. The van der Waals surface area contributed by atoms with Gasteiger partial charge in [0.25, 0.3) is 15.5 Å². The Morgan fingerprint density at radius 3 is 2.40 bits per heavy atom. The van der Waals surface area contributed by atoms with Gasteiger partial charge >= 0.3 is 0 Å². The Kier molecular flexibility index (Phi) is 3.52. The summed E-state index contributed by atoms with van der Waals surface area (Å²) in [5, 5.41) is -1.06. The minimum Gasteiger partial charge on any atom is -0.222 e. The van der Waals surface area contributed by atoms with Gasteiger partial charge in [-0.05, 0) is 18.6 Å². The van der Waals surface area contributed by atoms with Gasteiger partial charge in [-0.3, -0.25) is 0 Å². The number of rotatable bonds is 2. The largest absolute Gasteiger partial charge is 0.279 e. The lowest BCUT2D eigenvalue weighted by Crippen LogP contribution is -2.03. The maximum Gasteiger partial charge on any atom is 0.279 e. The third kappa shape index (κ3) is 2.76. The first kappa shape index (κ1) is 12.6. The quantitative estimate of drug-likeness (QED) is 0.616. The summed E-state index contributed by atoms with van der Waals surface area (Å²) in [6.45, 7) is 1.44. The van der Waals surface area contributed by atoms with E-state index in [2.05, 4.69) is 4.98 Å². The van der Waals surface area contributed by atoms with E-state index in [1.165, 1.54) is 6.92 Å². The lowest BCUT2D eigenvalue weighted by molar-refractivity contribution is 0.147. The van der Waals surface area contributed by atoms with E-state index >= 15 is 0 Å². The summed E-state index contributed by atoms with van der Waals surface area (Å²) in [5.41, 5.74) is -0.483. The third-order valence-corrected chi connectivity index (χ3v) is 3.22. The summed E-state index contributed by atoms with van der Waals surface area (Å²) in [4.78, 5) is 3.33. The van der Waals surface area contributed by atoms with Crippen molar-refractivity contribution in [1.29, 1.82) is 0 Å². The molecule has 15 heavy (non-hydrogen) atoms. The van der Waals surface area contributed by atoms with Crippen molar-refractivity contribution in [2.75, 3.05) is 0 Å². The summed E-state index contributed by atoms with van der Waals surface area (Å²) < 4.78 is 46.8. The molecule has 0 saturated heterocycles. The van der Waals surface area contributed by atoms with Crippen molar-refractivity contribution in [3.63, 3.8) is 0 Å². The fourth-order valence-electron chi connectivity index (χ4n) is 0.948. The van der Waals surface area contributed by atoms with Crippen molar-refractivity contribution >= 4 is 31.3 Å². The van der Waals surface area contributed by atoms with Crippen molar-refractivity contribution in [3.05, 3.63) is 22.3 Å². The van der Waals surface area contributed by atoms with Gasteiger partial charge in [0, 0.05) is 10.7 Å². The highest BCUT2D eigenvalue weighted by atomic mass is 35.7. The van der Waals surface area contributed by atoms with E-state index in [9.17, 15) is 17.2 Å². The normalized spacial score (nSPS) is 12.1. The number of hydrogen-bond donors (Lipinski definition) is 0. The monoisotopic (exact) mass is 275 g/mol.